The van der Waals surface area contributed by atoms with Crippen LogP contribution in [-0.2, 0) is 20.9 Å². The molecular weight excluding hydrogens is 364 g/mol. The SMILES string of the molecule is CC(=O)C1=C(OCc2ccccc2)[C@H](c2cccc(Cl)c2)C(C#N)=C(N)O1. The van der Waals surface area contributed by atoms with Crippen molar-refractivity contribution in [1.82, 2.24) is 0 Å². The van der Waals surface area contributed by atoms with Crippen LogP contribution >= 0.6 is 11.6 Å². The van der Waals surface area contributed by atoms with E-state index < -0.39 is 5.92 Å². The molecule has 6 heteroatoms. The minimum Gasteiger partial charge on any atom is -0.488 e. The van der Waals surface area contributed by atoms with Crippen LogP contribution in [0.25, 0.3) is 0 Å². The first-order valence-corrected chi connectivity index (χ1v) is 8.64. The number of halogens is 1. The quantitative estimate of drug-likeness (QED) is 0.841. The number of hydrogen-bond donors (Lipinski definition) is 1. The fourth-order valence-corrected chi connectivity index (χ4v) is 3.07. The summed E-state index contributed by atoms with van der Waals surface area (Å²) >= 11 is 6.13. The Morgan fingerprint density at radius 2 is 2.00 bits per heavy atom. The van der Waals surface area contributed by atoms with Crippen molar-refractivity contribution in [3.05, 3.63) is 93.7 Å². The van der Waals surface area contributed by atoms with Gasteiger partial charge in [-0.2, -0.15) is 5.26 Å². The van der Waals surface area contributed by atoms with E-state index >= 15 is 0 Å². The van der Waals surface area contributed by atoms with E-state index in [2.05, 4.69) is 6.07 Å². The summed E-state index contributed by atoms with van der Waals surface area (Å²) in [4.78, 5) is 12.2. The minimum atomic E-state index is -0.676. The lowest BCUT2D eigenvalue weighted by Crippen LogP contribution is -2.25. The number of allylic oxidation sites excluding steroid dienone is 2. The fraction of sp³-hybridized carbons (Fsp3) is 0.143. The molecule has 27 heavy (non-hydrogen) atoms. The molecule has 5 nitrogen and oxygen atoms in total. The number of nitrogens with zero attached hydrogens (tertiary/aromatic N) is 1. The van der Waals surface area contributed by atoms with Crippen LogP contribution in [0.2, 0.25) is 5.02 Å². The highest BCUT2D eigenvalue weighted by molar-refractivity contribution is 6.30. The molecule has 2 aromatic carbocycles. The molecule has 0 radical (unpaired) electrons. The van der Waals surface area contributed by atoms with Crippen LogP contribution in [0.1, 0.15) is 24.0 Å². The van der Waals surface area contributed by atoms with E-state index in [-0.39, 0.29) is 35.4 Å². The van der Waals surface area contributed by atoms with Crippen LogP contribution in [0.3, 0.4) is 0 Å². The first kappa shape index (κ1) is 18.6. The molecule has 136 valence electrons. The van der Waals surface area contributed by atoms with E-state index in [9.17, 15) is 10.1 Å². The third-order valence-electron chi connectivity index (χ3n) is 4.11. The number of rotatable bonds is 5. The lowest BCUT2D eigenvalue weighted by Gasteiger charge is -2.28. The third kappa shape index (κ3) is 3.97. The Morgan fingerprint density at radius 1 is 1.26 bits per heavy atom. The molecule has 0 saturated carbocycles. The summed E-state index contributed by atoms with van der Waals surface area (Å²) < 4.78 is 11.4. The summed E-state index contributed by atoms with van der Waals surface area (Å²) in [5.41, 5.74) is 7.69. The number of hydrogen-bond acceptors (Lipinski definition) is 5. The second kappa shape index (κ2) is 7.98. The van der Waals surface area contributed by atoms with Crippen molar-refractivity contribution in [2.24, 2.45) is 5.73 Å². The number of nitrogens with two attached hydrogens (primary N) is 1. The van der Waals surface area contributed by atoms with E-state index in [0.717, 1.165) is 5.56 Å². The third-order valence-corrected chi connectivity index (χ3v) is 4.35. The predicted octanol–water partition coefficient (Wildman–Crippen LogP) is 4.17. The molecule has 0 amide bonds. The summed E-state index contributed by atoms with van der Waals surface area (Å²) in [6, 6.07) is 18.6. The zero-order valence-corrected chi connectivity index (χ0v) is 15.4. The molecule has 1 heterocycles. The monoisotopic (exact) mass is 380 g/mol. The van der Waals surface area contributed by atoms with Gasteiger partial charge >= 0.3 is 0 Å². The number of ether oxygens (including phenoxy) is 2. The van der Waals surface area contributed by atoms with Crippen LogP contribution in [0.5, 0.6) is 0 Å². The molecule has 1 atom stereocenters. The van der Waals surface area contributed by atoms with Crippen LogP contribution < -0.4 is 5.73 Å². The molecule has 2 N–H and O–H groups in total. The average Bonchev–Trinajstić information content (AvgIpc) is 2.66. The van der Waals surface area contributed by atoms with Crippen LogP contribution in [-0.4, -0.2) is 5.78 Å². The van der Waals surface area contributed by atoms with Gasteiger partial charge < -0.3 is 15.2 Å². The van der Waals surface area contributed by atoms with Crippen molar-refractivity contribution in [2.75, 3.05) is 0 Å². The van der Waals surface area contributed by atoms with Gasteiger partial charge in [0, 0.05) is 11.9 Å². The predicted molar refractivity (Wildman–Crippen MR) is 101 cm³/mol. The van der Waals surface area contributed by atoms with E-state index in [0.29, 0.717) is 10.6 Å². The molecule has 0 saturated heterocycles. The molecule has 3 rings (SSSR count). The van der Waals surface area contributed by atoms with Crippen molar-refractivity contribution in [3.8, 4) is 6.07 Å². The van der Waals surface area contributed by atoms with Crippen molar-refractivity contribution < 1.29 is 14.3 Å². The molecule has 0 fully saturated rings. The van der Waals surface area contributed by atoms with Gasteiger partial charge in [0.15, 0.2) is 11.5 Å². The number of nitriles is 1. The highest BCUT2D eigenvalue weighted by Crippen LogP contribution is 2.40. The van der Waals surface area contributed by atoms with E-state index in [1.165, 1.54) is 6.92 Å². The summed E-state index contributed by atoms with van der Waals surface area (Å²) in [6.07, 6.45) is 0. The zero-order chi connectivity index (χ0) is 19.4. The van der Waals surface area contributed by atoms with Crippen LogP contribution in [0, 0.1) is 11.3 Å². The number of ketones is 1. The summed E-state index contributed by atoms with van der Waals surface area (Å²) in [5, 5.41) is 10.1. The molecule has 2 aromatic rings. The fourth-order valence-electron chi connectivity index (χ4n) is 2.87. The number of benzene rings is 2. The molecule has 1 aliphatic heterocycles. The Morgan fingerprint density at radius 3 is 2.63 bits per heavy atom. The summed E-state index contributed by atoms with van der Waals surface area (Å²) in [6.45, 7) is 1.58. The number of carbonyl (C=O) groups excluding carboxylic acids is 1. The maximum Gasteiger partial charge on any atom is 0.210 e. The standard InChI is InChI=1S/C21H17ClN2O3/c1-13(25)19-20(26-12-14-6-3-2-4-7-14)18(17(11-23)21(24)27-19)15-8-5-9-16(22)10-15/h2-10,18H,12,24H2,1H3/t18-/m1/s1. The first-order valence-electron chi connectivity index (χ1n) is 8.26. The van der Waals surface area contributed by atoms with Gasteiger partial charge in [-0.1, -0.05) is 54.1 Å². The normalized spacial score (nSPS) is 16.6. The van der Waals surface area contributed by atoms with Crippen molar-refractivity contribution in [3.63, 3.8) is 0 Å². The average molecular weight is 381 g/mol. The number of Topliss-reactive ketones (excluding diaryl/α,β-unsaturated/α-hetero) is 1. The Hall–Kier alpha value is -3.23. The maximum atomic E-state index is 12.2. The smallest absolute Gasteiger partial charge is 0.210 e. The molecule has 0 bridgehead atoms. The van der Waals surface area contributed by atoms with E-state index in [1.54, 1.807) is 24.3 Å². The zero-order valence-electron chi connectivity index (χ0n) is 14.6. The largest absolute Gasteiger partial charge is 0.488 e. The van der Waals surface area contributed by atoms with Gasteiger partial charge in [-0.25, -0.2) is 0 Å². The van der Waals surface area contributed by atoms with Gasteiger partial charge in [-0.05, 0) is 23.3 Å². The van der Waals surface area contributed by atoms with E-state index in [1.807, 2.05) is 30.3 Å². The summed E-state index contributed by atoms with van der Waals surface area (Å²) in [7, 11) is 0. The van der Waals surface area contributed by atoms with Crippen molar-refractivity contribution >= 4 is 17.4 Å². The minimum absolute atomic E-state index is 0.00703. The maximum absolute atomic E-state index is 12.2. The number of carbonyl (C=O) groups is 1. The second-order valence-electron chi connectivity index (χ2n) is 6.00. The van der Waals surface area contributed by atoms with Crippen molar-refractivity contribution in [1.29, 1.82) is 5.26 Å². The molecule has 0 aromatic heterocycles. The lowest BCUT2D eigenvalue weighted by molar-refractivity contribution is -0.117. The second-order valence-corrected chi connectivity index (χ2v) is 6.44. The molecule has 0 aliphatic carbocycles. The molecular formula is C21H17ClN2O3. The summed E-state index contributed by atoms with van der Waals surface area (Å²) in [5.74, 6) is -0.887. The van der Waals surface area contributed by atoms with Crippen molar-refractivity contribution in [2.45, 2.75) is 19.4 Å². The Labute approximate surface area is 162 Å². The van der Waals surface area contributed by atoms with E-state index in [4.69, 9.17) is 26.8 Å². The van der Waals surface area contributed by atoms with Gasteiger partial charge in [-0.15, -0.1) is 0 Å². The highest BCUT2D eigenvalue weighted by atomic mass is 35.5. The van der Waals surface area contributed by atoms with Gasteiger partial charge in [0.25, 0.3) is 0 Å². The van der Waals surface area contributed by atoms with Crippen LogP contribution in [0.4, 0.5) is 0 Å². The Balaban J connectivity index is 2.08. The van der Waals surface area contributed by atoms with Gasteiger partial charge in [0.1, 0.15) is 18.2 Å². The van der Waals surface area contributed by atoms with Gasteiger partial charge in [0.2, 0.25) is 11.6 Å². The molecule has 0 spiro atoms. The lowest BCUT2D eigenvalue weighted by atomic mass is 9.87. The van der Waals surface area contributed by atoms with Crippen LogP contribution in [0.15, 0.2) is 77.6 Å². The van der Waals surface area contributed by atoms with Gasteiger partial charge in [0.05, 0.1) is 5.92 Å². The molecule has 1 aliphatic rings. The Bertz CT molecular complexity index is 974. The molecule has 0 unspecified atom stereocenters. The van der Waals surface area contributed by atoms with Gasteiger partial charge in [-0.3, -0.25) is 4.79 Å². The first-order chi connectivity index (χ1) is 13.0. The Kier molecular flexibility index (Phi) is 5.49. The topological polar surface area (TPSA) is 85.3 Å². The highest BCUT2D eigenvalue weighted by Gasteiger charge is 2.36.